The summed E-state index contributed by atoms with van der Waals surface area (Å²) in [6, 6.07) is 5.69. The van der Waals surface area contributed by atoms with Crippen molar-refractivity contribution in [3.63, 3.8) is 0 Å². The molecule has 0 aromatic heterocycles. The number of methoxy groups -OCH3 is 2. The van der Waals surface area contributed by atoms with E-state index in [1.54, 1.807) is 14.2 Å². The molecule has 1 aromatic carbocycles. The predicted molar refractivity (Wildman–Crippen MR) is 111 cm³/mol. The highest BCUT2D eigenvalue weighted by molar-refractivity contribution is 5.43. The van der Waals surface area contributed by atoms with Crippen molar-refractivity contribution in [2.75, 3.05) is 27.4 Å². The van der Waals surface area contributed by atoms with Crippen LogP contribution in [-0.4, -0.2) is 38.3 Å². The molecule has 5 nitrogen and oxygen atoms in total. The average Bonchev–Trinajstić information content (AvgIpc) is 3.21. The van der Waals surface area contributed by atoms with E-state index in [1.165, 1.54) is 0 Å². The highest BCUT2D eigenvalue weighted by Gasteiger charge is 2.66. The lowest BCUT2D eigenvalue weighted by molar-refractivity contribution is -0.305. The zero-order valence-electron chi connectivity index (χ0n) is 18.5. The second-order valence-electron chi connectivity index (χ2n) is 9.63. The summed E-state index contributed by atoms with van der Waals surface area (Å²) < 4.78 is 23.7. The van der Waals surface area contributed by atoms with Gasteiger partial charge in [0.1, 0.15) is 11.5 Å². The number of aliphatic hydroxyl groups is 1. The van der Waals surface area contributed by atoms with Crippen molar-refractivity contribution in [2.45, 2.75) is 64.8 Å². The van der Waals surface area contributed by atoms with Crippen LogP contribution >= 0.6 is 0 Å². The largest absolute Gasteiger partial charge is 0.497 e. The standard InChI is InChI=1S/C24H36O5/c1-16-10-12-22(2)20(7-6-11-24(22)28-13-14-29-24)23(16,3)21(25)18-15-17(26-4)8-9-19(18)27-5/h8-9,15-16,20-21,25H,6-7,10-14H2,1-5H3/t16-,20+,21?,22+,23+/m1/s1. The smallest absolute Gasteiger partial charge is 0.174 e. The molecule has 1 aromatic rings. The summed E-state index contributed by atoms with van der Waals surface area (Å²) in [6.45, 7) is 8.22. The number of hydrogen-bond acceptors (Lipinski definition) is 5. The number of rotatable bonds is 4. The van der Waals surface area contributed by atoms with Gasteiger partial charge < -0.3 is 24.1 Å². The number of aliphatic hydroxyl groups excluding tert-OH is 1. The summed E-state index contributed by atoms with van der Waals surface area (Å²) in [5, 5.41) is 11.9. The first kappa shape index (κ1) is 21.0. The second kappa shape index (κ2) is 7.44. The summed E-state index contributed by atoms with van der Waals surface area (Å²) in [6.07, 6.45) is 4.53. The van der Waals surface area contributed by atoms with Gasteiger partial charge in [-0.1, -0.05) is 20.8 Å². The Morgan fingerprint density at radius 3 is 2.45 bits per heavy atom. The number of ether oxygens (including phenoxy) is 4. The quantitative estimate of drug-likeness (QED) is 0.787. The van der Waals surface area contributed by atoms with Crippen LogP contribution in [0, 0.1) is 22.7 Å². The molecule has 3 fully saturated rings. The van der Waals surface area contributed by atoms with Crippen LogP contribution in [0.25, 0.3) is 0 Å². The first-order valence-corrected chi connectivity index (χ1v) is 11.0. The lowest BCUT2D eigenvalue weighted by Crippen LogP contribution is -2.62. The molecule has 1 unspecified atom stereocenters. The van der Waals surface area contributed by atoms with E-state index in [1.807, 2.05) is 18.2 Å². The van der Waals surface area contributed by atoms with Gasteiger partial charge in [0.05, 0.1) is 33.5 Å². The van der Waals surface area contributed by atoms with Gasteiger partial charge >= 0.3 is 0 Å². The van der Waals surface area contributed by atoms with E-state index in [0.717, 1.165) is 43.4 Å². The van der Waals surface area contributed by atoms with Crippen LogP contribution in [0.2, 0.25) is 0 Å². The van der Waals surface area contributed by atoms with E-state index in [4.69, 9.17) is 18.9 Å². The van der Waals surface area contributed by atoms with Crippen LogP contribution in [0.15, 0.2) is 18.2 Å². The third kappa shape index (κ3) is 2.92. The summed E-state index contributed by atoms with van der Waals surface area (Å²) in [4.78, 5) is 0. The maximum Gasteiger partial charge on any atom is 0.174 e. The van der Waals surface area contributed by atoms with Crippen molar-refractivity contribution >= 4 is 0 Å². The topological polar surface area (TPSA) is 57.2 Å². The second-order valence-corrected chi connectivity index (χ2v) is 9.63. The van der Waals surface area contributed by atoms with Crippen molar-refractivity contribution < 1.29 is 24.1 Å². The van der Waals surface area contributed by atoms with E-state index in [9.17, 15) is 5.11 Å². The van der Waals surface area contributed by atoms with Crippen LogP contribution in [0.1, 0.15) is 64.5 Å². The van der Waals surface area contributed by atoms with Gasteiger partial charge in [-0.3, -0.25) is 0 Å². The predicted octanol–water partition coefficient (Wildman–Crippen LogP) is 4.72. The molecule has 1 heterocycles. The van der Waals surface area contributed by atoms with E-state index in [-0.39, 0.29) is 16.7 Å². The van der Waals surface area contributed by atoms with E-state index in [0.29, 0.717) is 24.9 Å². The minimum atomic E-state index is -0.663. The fourth-order valence-corrected chi connectivity index (χ4v) is 6.72. The average molecular weight is 405 g/mol. The Morgan fingerprint density at radius 2 is 1.79 bits per heavy atom. The van der Waals surface area contributed by atoms with Crippen LogP contribution in [0.3, 0.4) is 0 Å². The summed E-state index contributed by atoms with van der Waals surface area (Å²) in [5.41, 5.74) is 0.365. The Labute approximate surface area is 174 Å². The summed E-state index contributed by atoms with van der Waals surface area (Å²) in [5.74, 6) is 1.59. The molecule has 2 aliphatic carbocycles. The van der Waals surface area contributed by atoms with E-state index >= 15 is 0 Å². The minimum Gasteiger partial charge on any atom is -0.497 e. The van der Waals surface area contributed by atoms with Gasteiger partial charge in [0.2, 0.25) is 0 Å². The maximum atomic E-state index is 11.9. The highest BCUT2D eigenvalue weighted by atomic mass is 16.7. The number of benzene rings is 1. The fraction of sp³-hybridized carbons (Fsp3) is 0.750. The summed E-state index contributed by atoms with van der Waals surface area (Å²) in [7, 11) is 3.31. The molecule has 0 amide bonds. The number of hydrogen-bond donors (Lipinski definition) is 1. The van der Waals surface area contributed by atoms with Crippen LogP contribution in [0.4, 0.5) is 0 Å². The zero-order valence-corrected chi connectivity index (χ0v) is 18.5. The van der Waals surface area contributed by atoms with Crippen molar-refractivity contribution in [1.82, 2.24) is 0 Å². The lowest BCUT2D eigenvalue weighted by Gasteiger charge is -2.63. The molecule has 5 atom stereocenters. The van der Waals surface area contributed by atoms with Gasteiger partial charge in [-0.25, -0.2) is 0 Å². The third-order valence-corrected chi connectivity index (χ3v) is 8.62. The Hall–Kier alpha value is -1.30. The van der Waals surface area contributed by atoms with Gasteiger partial charge in [0, 0.05) is 22.8 Å². The van der Waals surface area contributed by atoms with Crippen LogP contribution < -0.4 is 9.47 Å². The van der Waals surface area contributed by atoms with Crippen molar-refractivity contribution in [2.24, 2.45) is 22.7 Å². The van der Waals surface area contributed by atoms with Gasteiger partial charge in [-0.05, 0) is 55.7 Å². The Kier molecular flexibility index (Phi) is 5.37. The molecule has 1 spiro atoms. The first-order chi connectivity index (χ1) is 13.8. The zero-order chi connectivity index (χ0) is 20.9. The molecule has 1 N–H and O–H groups in total. The normalized spacial score (nSPS) is 37.2. The highest BCUT2D eigenvalue weighted by Crippen LogP contribution is 2.68. The van der Waals surface area contributed by atoms with Gasteiger partial charge in [-0.2, -0.15) is 0 Å². The molecule has 5 heteroatoms. The van der Waals surface area contributed by atoms with Gasteiger partial charge in [0.25, 0.3) is 0 Å². The fourth-order valence-electron chi connectivity index (χ4n) is 6.72. The molecular formula is C24H36O5. The monoisotopic (exact) mass is 404 g/mol. The van der Waals surface area contributed by atoms with Crippen molar-refractivity contribution in [3.8, 4) is 11.5 Å². The SMILES string of the molecule is COc1ccc(OC)c(C(O)[C@@]2(C)[C@H](C)CC[C@@]3(C)[C@@H]2CCCC32OCCO2)c1. The third-order valence-electron chi connectivity index (χ3n) is 8.62. The molecule has 1 saturated heterocycles. The Balaban J connectivity index is 1.79. The molecular weight excluding hydrogens is 368 g/mol. The molecule has 3 aliphatic rings. The van der Waals surface area contributed by atoms with Crippen molar-refractivity contribution in [1.29, 1.82) is 0 Å². The molecule has 0 bridgehead atoms. The Bertz CT molecular complexity index is 743. The molecule has 29 heavy (non-hydrogen) atoms. The number of fused-ring (bicyclic) bond motifs is 2. The van der Waals surface area contributed by atoms with Crippen LogP contribution in [0.5, 0.6) is 11.5 Å². The Morgan fingerprint density at radius 1 is 1.07 bits per heavy atom. The van der Waals surface area contributed by atoms with Gasteiger partial charge in [0.15, 0.2) is 5.79 Å². The van der Waals surface area contributed by atoms with E-state index in [2.05, 4.69) is 20.8 Å². The molecule has 4 rings (SSSR count). The maximum absolute atomic E-state index is 11.9. The van der Waals surface area contributed by atoms with E-state index < -0.39 is 11.9 Å². The van der Waals surface area contributed by atoms with Crippen molar-refractivity contribution in [3.05, 3.63) is 23.8 Å². The van der Waals surface area contributed by atoms with Gasteiger partial charge in [-0.15, -0.1) is 0 Å². The summed E-state index contributed by atoms with van der Waals surface area (Å²) >= 11 is 0. The lowest BCUT2D eigenvalue weighted by atomic mass is 9.44. The molecule has 2 saturated carbocycles. The van der Waals surface area contributed by atoms with Crippen LogP contribution in [-0.2, 0) is 9.47 Å². The molecule has 0 radical (unpaired) electrons. The first-order valence-electron chi connectivity index (χ1n) is 11.0. The minimum absolute atomic E-state index is 0.115. The molecule has 1 aliphatic heterocycles. The molecule has 162 valence electrons.